The number of hydrogen-bond acceptors (Lipinski definition) is 8. The van der Waals surface area contributed by atoms with E-state index >= 15 is 0 Å². The molecule has 0 aliphatic heterocycles. The summed E-state index contributed by atoms with van der Waals surface area (Å²) in [6.07, 6.45) is 0. The monoisotopic (exact) mass is 360 g/mol. The summed E-state index contributed by atoms with van der Waals surface area (Å²) in [5.74, 6) is -0.629. The zero-order chi connectivity index (χ0) is 19.3. The number of anilines is 3. The topological polar surface area (TPSA) is 128 Å². The van der Waals surface area contributed by atoms with Crippen LogP contribution in [0.2, 0.25) is 0 Å². The van der Waals surface area contributed by atoms with Crippen molar-refractivity contribution in [3.05, 3.63) is 62.7 Å². The molecule has 0 heterocycles. The third-order valence-corrected chi connectivity index (χ3v) is 3.64. The predicted octanol–water partition coefficient (Wildman–Crippen LogP) is 2.86. The van der Waals surface area contributed by atoms with Crippen molar-refractivity contribution < 1.29 is 19.4 Å². The minimum Gasteiger partial charge on any atom is -0.468 e. The Balaban J connectivity index is 2.56. The molecule has 26 heavy (non-hydrogen) atoms. The highest BCUT2D eigenvalue weighted by molar-refractivity contribution is 5.83. The first-order chi connectivity index (χ1) is 12.3. The summed E-state index contributed by atoms with van der Waals surface area (Å²) in [4.78, 5) is 34.1. The average Bonchev–Trinajstić information content (AvgIpc) is 2.65. The van der Waals surface area contributed by atoms with E-state index in [1.807, 2.05) is 0 Å². The summed E-state index contributed by atoms with van der Waals surface area (Å²) < 4.78 is 4.49. The lowest BCUT2D eigenvalue weighted by Crippen LogP contribution is -2.17. The number of benzene rings is 2. The largest absolute Gasteiger partial charge is 0.468 e. The van der Waals surface area contributed by atoms with Gasteiger partial charge in [0.15, 0.2) is 0 Å². The van der Waals surface area contributed by atoms with Crippen LogP contribution in [0, 0.1) is 20.2 Å². The number of carbonyl (C=O) groups excluding carboxylic acids is 1. The third-order valence-electron chi connectivity index (χ3n) is 3.64. The first kappa shape index (κ1) is 18.6. The van der Waals surface area contributed by atoms with Crippen molar-refractivity contribution >= 4 is 34.4 Å². The van der Waals surface area contributed by atoms with Gasteiger partial charge in [0.2, 0.25) is 0 Å². The lowest BCUT2D eigenvalue weighted by atomic mass is 10.1. The number of rotatable bonds is 7. The number of esters is 1. The zero-order valence-electron chi connectivity index (χ0n) is 14.0. The predicted molar refractivity (Wildman–Crippen MR) is 94.8 cm³/mol. The number of nitrogens with one attached hydrogen (secondary N) is 1. The highest BCUT2D eigenvalue weighted by Crippen LogP contribution is 2.40. The number of ether oxygens (including phenoxy) is 1. The summed E-state index contributed by atoms with van der Waals surface area (Å²) >= 11 is 0. The van der Waals surface area contributed by atoms with Gasteiger partial charge in [-0.3, -0.25) is 25.0 Å². The summed E-state index contributed by atoms with van der Waals surface area (Å²) in [6.45, 7) is -0.316. The molecule has 0 fully saturated rings. The second-order valence-corrected chi connectivity index (χ2v) is 5.20. The van der Waals surface area contributed by atoms with Gasteiger partial charge in [0.25, 0.3) is 11.4 Å². The van der Waals surface area contributed by atoms with Gasteiger partial charge in [0.05, 0.1) is 23.0 Å². The van der Waals surface area contributed by atoms with Gasteiger partial charge >= 0.3 is 5.97 Å². The van der Waals surface area contributed by atoms with E-state index in [0.29, 0.717) is 5.69 Å². The molecule has 136 valence electrons. The first-order valence-electron chi connectivity index (χ1n) is 7.41. The molecular formula is C16H16N4O6. The van der Waals surface area contributed by atoms with Crippen LogP contribution in [0.1, 0.15) is 0 Å². The number of methoxy groups -OCH3 is 1. The number of nitrogens with zero attached hydrogens (tertiary/aromatic N) is 3. The van der Waals surface area contributed by atoms with Gasteiger partial charge in [-0.05, 0) is 18.2 Å². The Morgan fingerprint density at radius 3 is 2.27 bits per heavy atom. The minimum absolute atomic E-state index is 0.0243. The smallest absolute Gasteiger partial charge is 0.325 e. The molecule has 2 aromatic rings. The van der Waals surface area contributed by atoms with Crippen molar-refractivity contribution in [1.82, 2.24) is 0 Å². The maximum atomic E-state index is 11.4. The fraction of sp³-hybridized carbons (Fsp3) is 0.188. The van der Waals surface area contributed by atoms with E-state index in [9.17, 15) is 25.0 Å². The molecule has 0 aliphatic carbocycles. The maximum Gasteiger partial charge on any atom is 0.325 e. The van der Waals surface area contributed by atoms with E-state index in [2.05, 4.69) is 10.1 Å². The van der Waals surface area contributed by atoms with Crippen molar-refractivity contribution in [3.8, 4) is 0 Å². The van der Waals surface area contributed by atoms with Crippen LogP contribution in [0.5, 0.6) is 0 Å². The first-order valence-corrected chi connectivity index (χ1v) is 7.41. The van der Waals surface area contributed by atoms with Crippen molar-refractivity contribution in [2.75, 3.05) is 30.9 Å². The molecule has 0 spiro atoms. The van der Waals surface area contributed by atoms with E-state index < -0.39 is 27.2 Å². The summed E-state index contributed by atoms with van der Waals surface area (Å²) in [7, 11) is 2.79. The lowest BCUT2D eigenvalue weighted by Gasteiger charge is -2.20. The minimum atomic E-state index is -0.751. The molecule has 0 bridgehead atoms. The van der Waals surface area contributed by atoms with E-state index in [1.165, 1.54) is 18.1 Å². The Labute approximate surface area is 148 Å². The number of carbonyl (C=O) groups is 1. The molecule has 0 aliphatic rings. The fourth-order valence-electron chi connectivity index (χ4n) is 2.30. The Kier molecular flexibility index (Phi) is 5.68. The van der Waals surface area contributed by atoms with Crippen LogP contribution in [0.15, 0.2) is 42.5 Å². The van der Waals surface area contributed by atoms with Crippen molar-refractivity contribution in [2.24, 2.45) is 0 Å². The quantitative estimate of drug-likeness (QED) is 0.453. The van der Waals surface area contributed by atoms with Gasteiger partial charge in [0, 0.05) is 12.7 Å². The van der Waals surface area contributed by atoms with E-state index in [1.54, 1.807) is 37.4 Å². The van der Waals surface area contributed by atoms with Crippen molar-refractivity contribution in [1.29, 1.82) is 0 Å². The van der Waals surface area contributed by atoms with Gasteiger partial charge < -0.3 is 15.0 Å². The lowest BCUT2D eigenvalue weighted by molar-refractivity contribution is -0.393. The Morgan fingerprint density at radius 2 is 1.73 bits per heavy atom. The second-order valence-electron chi connectivity index (χ2n) is 5.20. The molecule has 2 aromatic carbocycles. The van der Waals surface area contributed by atoms with E-state index in [0.717, 1.165) is 6.07 Å². The van der Waals surface area contributed by atoms with Gasteiger partial charge in [-0.1, -0.05) is 18.2 Å². The molecule has 0 atom stereocenters. The zero-order valence-corrected chi connectivity index (χ0v) is 14.0. The number of nitro groups is 2. The standard InChI is InChI=1S/C16H16N4O6/c1-18(11-6-4-3-5-7-11)14-8-12(17-10-16(21)26-2)13(19(22)23)9-15(14)20(24)25/h3-9,17H,10H2,1-2H3. The molecule has 1 N–H and O–H groups in total. The molecule has 0 unspecified atom stereocenters. The van der Waals surface area contributed by atoms with Gasteiger partial charge in [-0.2, -0.15) is 0 Å². The van der Waals surface area contributed by atoms with Crippen LogP contribution in [0.4, 0.5) is 28.4 Å². The van der Waals surface area contributed by atoms with Gasteiger partial charge in [-0.15, -0.1) is 0 Å². The molecule has 0 amide bonds. The van der Waals surface area contributed by atoms with Crippen LogP contribution < -0.4 is 10.2 Å². The summed E-state index contributed by atoms with van der Waals surface area (Å²) in [5, 5.41) is 25.3. The number of para-hydroxylation sites is 1. The van der Waals surface area contributed by atoms with Gasteiger partial charge in [0.1, 0.15) is 17.9 Å². The molecule has 0 aromatic heterocycles. The Bertz CT molecular complexity index is 840. The van der Waals surface area contributed by atoms with Crippen molar-refractivity contribution in [2.45, 2.75) is 0 Å². The molecular weight excluding hydrogens is 344 g/mol. The highest BCUT2D eigenvalue weighted by atomic mass is 16.6. The summed E-state index contributed by atoms with van der Waals surface area (Å²) in [5.41, 5.74) is -0.163. The Hall–Kier alpha value is -3.69. The van der Waals surface area contributed by atoms with Crippen LogP contribution >= 0.6 is 0 Å². The normalized spacial score (nSPS) is 10.1. The highest BCUT2D eigenvalue weighted by Gasteiger charge is 2.27. The van der Waals surface area contributed by atoms with Crippen LogP contribution in [-0.2, 0) is 9.53 Å². The average molecular weight is 360 g/mol. The molecule has 0 saturated carbocycles. The van der Waals surface area contributed by atoms with Crippen LogP contribution in [0.3, 0.4) is 0 Å². The molecule has 0 radical (unpaired) electrons. The summed E-state index contributed by atoms with van der Waals surface area (Å²) in [6, 6.07) is 10.9. The SMILES string of the molecule is COC(=O)CNc1cc(N(C)c2ccccc2)c([N+](=O)[O-])cc1[N+](=O)[O-]. The third kappa shape index (κ3) is 4.04. The van der Waals surface area contributed by atoms with Crippen molar-refractivity contribution in [3.63, 3.8) is 0 Å². The van der Waals surface area contributed by atoms with Crippen LogP contribution in [0.25, 0.3) is 0 Å². The molecule has 0 saturated heterocycles. The van der Waals surface area contributed by atoms with Gasteiger partial charge in [-0.25, -0.2) is 0 Å². The van der Waals surface area contributed by atoms with Crippen LogP contribution in [-0.4, -0.2) is 36.5 Å². The Morgan fingerprint density at radius 1 is 1.12 bits per heavy atom. The molecule has 10 heteroatoms. The van der Waals surface area contributed by atoms with E-state index in [-0.39, 0.29) is 17.9 Å². The fourth-order valence-corrected chi connectivity index (χ4v) is 2.30. The molecule has 10 nitrogen and oxygen atoms in total. The molecule has 2 rings (SSSR count). The number of nitro benzene ring substituents is 2. The maximum absolute atomic E-state index is 11.4. The number of hydrogen-bond donors (Lipinski definition) is 1. The van der Waals surface area contributed by atoms with E-state index in [4.69, 9.17) is 0 Å². The second kappa shape index (κ2) is 7.92.